The monoisotopic (exact) mass is 448 g/mol. The molecule has 3 aromatic heterocycles. The van der Waals surface area contributed by atoms with Gasteiger partial charge in [-0.2, -0.15) is 0 Å². The number of amides is 2. The fraction of sp³-hybridized carbons (Fsp3) is 0.360. The van der Waals surface area contributed by atoms with Crippen LogP contribution < -0.4 is 5.32 Å². The van der Waals surface area contributed by atoms with Gasteiger partial charge in [-0.25, -0.2) is 0 Å². The zero-order chi connectivity index (χ0) is 22.1. The van der Waals surface area contributed by atoms with E-state index < -0.39 is 0 Å². The molecule has 32 heavy (non-hydrogen) atoms. The Kier molecular flexibility index (Phi) is 5.74. The molecule has 0 aliphatic carbocycles. The molecule has 166 valence electrons. The van der Waals surface area contributed by atoms with Crippen LogP contribution in [0.15, 0.2) is 48.0 Å². The summed E-state index contributed by atoms with van der Waals surface area (Å²) in [7, 11) is 0. The smallest absolute Gasteiger partial charge is 0.270 e. The number of nitrogens with one attached hydrogen (secondary N) is 2. The lowest BCUT2D eigenvalue weighted by molar-refractivity contribution is -0.126. The molecule has 4 heterocycles. The number of H-pyrrole nitrogens is 1. The summed E-state index contributed by atoms with van der Waals surface area (Å²) < 4.78 is 3.25. The number of fused-ring (bicyclic) bond motifs is 2. The maximum Gasteiger partial charge on any atom is 0.270 e. The Hall–Kier alpha value is -3.06. The third kappa shape index (κ3) is 3.81. The van der Waals surface area contributed by atoms with Crippen LogP contribution in [0.25, 0.3) is 21.1 Å². The van der Waals surface area contributed by atoms with E-state index in [1.165, 1.54) is 10.9 Å². The molecule has 1 fully saturated rings. The molecule has 2 N–H and O–H groups in total. The number of hydrogen-bond donors (Lipinski definition) is 2. The second-order valence-corrected chi connectivity index (χ2v) is 9.36. The maximum absolute atomic E-state index is 13.1. The molecule has 7 heteroatoms. The van der Waals surface area contributed by atoms with Crippen LogP contribution in [0, 0.1) is 5.92 Å². The molecule has 1 aromatic carbocycles. The lowest BCUT2D eigenvalue weighted by atomic mass is 9.95. The van der Waals surface area contributed by atoms with Crippen LogP contribution in [-0.4, -0.2) is 45.9 Å². The van der Waals surface area contributed by atoms with Gasteiger partial charge in [0.2, 0.25) is 5.91 Å². The number of aromatic amines is 1. The summed E-state index contributed by atoms with van der Waals surface area (Å²) in [6.45, 7) is 4.72. The van der Waals surface area contributed by atoms with Gasteiger partial charge in [-0.05, 0) is 55.3 Å². The van der Waals surface area contributed by atoms with Crippen molar-refractivity contribution in [3.05, 3.63) is 59.2 Å². The van der Waals surface area contributed by atoms with Gasteiger partial charge < -0.3 is 19.8 Å². The highest BCUT2D eigenvalue weighted by Crippen LogP contribution is 2.27. The Balaban J connectivity index is 1.14. The SMILES string of the molecule is CCn1c(C(=O)N2CCC(C(=O)NCCc3c[nH]c4ccccc34)CC2)cc2sccc21. The van der Waals surface area contributed by atoms with Crippen molar-refractivity contribution < 1.29 is 9.59 Å². The van der Waals surface area contributed by atoms with Crippen molar-refractivity contribution in [2.24, 2.45) is 5.92 Å². The fourth-order valence-corrected chi connectivity index (χ4v) is 5.63. The topological polar surface area (TPSA) is 70.1 Å². The van der Waals surface area contributed by atoms with Crippen molar-refractivity contribution in [3.63, 3.8) is 0 Å². The van der Waals surface area contributed by atoms with Gasteiger partial charge in [-0.3, -0.25) is 9.59 Å². The Morgan fingerprint density at radius 2 is 2.00 bits per heavy atom. The molecule has 0 unspecified atom stereocenters. The van der Waals surface area contributed by atoms with E-state index in [-0.39, 0.29) is 17.7 Å². The first kappa shape index (κ1) is 20.8. The van der Waals surface area contributed by atoms with Crippen LogP contribution in [0.1, 0.15) is 35.8 Å². The summed E-state index contributed by atoms with van der Waals surface area (Å²) in [5.74, 6) is 0.159. The molecular formula is C25H28N4O2S. The summed E-state index contributed by atoms with van der Waals surface area (Å²) in [6, 6.07) is 12.3. The Labute approximate surface area is 191 Å². The lowest BCUT2D eigenvalue weighted by Gasteiger charge is -2.31. The van der Waals surface area contributed by atoms with Crippen molar-refractivity contribution in [2.45, 2.75) is 32.7 Å². The number of rotatable bonds is 6. The van der Waals surface area contributed by atoms with E-state index in [1.54, 1.807) is 11.3 Å². The van der Waals surface area contributed by atoms with E-state index in [1.807, 2.05) is 29.3 Å². The minimum Gasteiger partial charge on any atom is -0.361 e. The number of benzene rings is 1. The summed E-state index contributed by atoms with van der Waals surface area (Å²) >= 11 is 1.67. The van der Waals surface area contributed by atoms with E-state index in [0.717, 1.165) is 34.4 Å². The van der Waals surface area contributed by atoms with Crippen molar-refractivity contribution >= 4 is 44.3 Å². The van der Waals surface area contributed by atoms with Crippen molar-refractivity contribution in [2.75, 3.05) is 19.6 Å². The summed E-state index contributed by atoms with van der Waals surface area (Å²) in [4.78, 5) is 31.0. The number of aryl methyl sites for hydroxylation is 1. The van der Waals surface area contributed by atoms with Crippen LogP contribution in [0.4, 0.5) is 0 Å². The number of piperidine rings is 1. The van der Waals surface area contributed by atoms with E-state index in [4.69, 9.17) is 0 Å². The minimum atomic E-state index is -0.0246. The molecule has 0 saturated carbocycles. The predicted octanol–water partition coefficient (Wildman–Crippen LogP) is 4.42. The van der Waals surface area contributed by atoms with Gasteiger partial charge in [0.1, 0.15) is 5.69 Å². The molecule has 2 amide bonds. The van der Waals surface area contributed by atoms with Gasteiger partial charge >= 0.3 is 0 Å². The number of hydrogen-bond acceptors (Lipinski definition) is 3. The van der Waals surface area contributed by atoms with Gasteiger partial charge in [0, 0.05) is 49.2 Å². The number of carbonyl (C=O) groups is 2. The van der Waals surface area contributed by atoms with Gasteiger partial charge in [-0.15, -0.1) is 11.3 Å². The number of thiophene rings is 1. The first-order valence-corrected chi connectivity index (χ1v) is 12.2. The number of likely N-dealkylation sites (tertiary alicyclic amines) is 1. The van der Waals surface area contributed by atoms with Crippen molar-refractivity contribution in [1.82, 2.24) is 19.8 Å². The predicted molar refractivity (Wildman–Crippen MR) is 129 cm³/mol. The second-order valence-electron chi connectivity index (χ2n) is 8.41. The highest BCUT2D eigenvalue weighted by molar-refractivity contribution is 7.17. The quantitative estimate of drug-likeness (QED) is 0.459. The van der Waals surface area contributed by atoms with E-state index >= 15 is 0 Å². The number of para-hydroxylation sites is 1. The Bertz CT molecular complexity index is 1260. The minimum absolute atomic E-state index is 0.0246. The molecular weight excluding hydrogens is 420 g/mol. The zero-order valence-corrected chi connectivity index (χ0v) is 19.1. The summed E-state index contributed by atoms with van der Waals surface area (Å²) in [6.07, 6.45) is 4.26. The highest BCUT2D eigenvalue weighted by Gasteiger charge is 2.29. The van der Waals surface area contributed by atoms with Gasteiger partial charge in [0.15, 0.2) is 0 Å². The van der Waals surface area contributed by atoms with E-state index in [9.17, 15) is 9.59 Å². The van der Waals surface area contributed by atoms with Crippen LogP contribution in [0.3, 0.4) is 0 Å². The third-order valence-electron chi connectivity index (χ3n) is 6.58. The average molecular weight is 449 g/mol. The molecule has 1 aliphatic heterocycles. The zero-order valence-electron chi connectivity index (χ0n) is 18.3. The van der Waals surface area contributed by atoms with Crippen molar-refractivity contribution in [1.29, 1.82) is 0 Å². The number of aromatic nitrogens is 2. The summed E-state index contributed by atoms with van der Waals surface area (Å²) in [5, 5.41) is 6.38. The van der Waals surface area contributed by atoms with Crippen LogP contribution >= 0.6 is 11.3 Å². The molecule has 1 aliphatic rings. The second kappa shape index (κ2) is 8.82. The van der Waals surface area contributed by atoms with Crippen LogP contribution in [-0.2, 0) is 17.8 Å². The standard InChI is InChI=1S/C25H28N4O2S/c1-2-29-21-10-14-32-23(21)15-22(29)25(31)28-12-8-17(9-13-28)24(30)26-11-7-18-16-27-20-6-4-3-5-19(18)20/h3-6,10,14-17,27H,2,7-9,11-13H2,1H3,(H,26,30). The molecule has 5 rings (SSSR count). The van der Waals surface area contributed by atoms with Crippen molar-refractivity contribution in [3.8, 4) is 0 Å². The van der Waals surface area contributed by atoms with Crippen LogP contribution in [0.2, 0.25) is 0 Å². The highest BCUT2D eigenvalue weighted by atomic mass is 32.1. The number of carbonyl (C=O) groups excluding carboxylic acids is 2. The fourth-order valence-electron chi connectivity index (χ4n) is 4.80. The summed E-state index contributed by atoms with van der Waals surface area (Å²) in [5.41, 5.74) is 4.24. The van der Waals surface area contributed by atoms with Gasteiger partial charge in [-0.1, -0.05) is 18.2 Å². The maximum atomic E-state index is 13.1. The first-order valence-electron chi connectivity index (χ1n) is 11.3. The largest absolute Gasteiger partial charge is 0.361 e. The molecule has 1 saturated heterocycles. The third-order valence-corrected chi connectivity index (χ3v) is 7.43. The van der Waals surface area contributed by atoms with E-state index in [0.29, 0.717) is 32.5 Å². The van der Waals surface area contributed by atoms with Crippen LogP contribution in [0.5, 0.6) is 0 Å². The van der Waals surface area contributed by atoms with Gasteiger partial charge in [0.25, 0.3) is 5.91 Å². The molecule has 4 aromatic rings. The molecule has 6 nitrogen and oxygen atoms in total. The van der Waals surface area contributed by atoms with Gasteiger partial charge in [0.05, 0.1) is 10.2 Å². The first-order chi connectivity index (χ1) is 15.7. The Morgan fingerprint density at radius 1 is 1.19 bits per heavy atom. The number of nitrogens with zero attached hydrogens (tertiary/aromatic N) is 2. The average Bonchev–Trinajstić information content (AvgIpc) is 3.53. The molecule has 0 spiro atoms. The molecule has 0 bridgehead atoms. The van der Waals surface area contributed by atoms with E-state index in [2.05, 4.69) is 45.4 Å². The molecule has 0 atom stereocenters. The molecule has 0 radical (unpaired) electrons. The lowest BCUT2D eigenvalue weighted by Crippen LogP contribution is -2.43. The Morgan fingerprint density at radius 3 is 2.81 bits per heavy atom. The normalized spacial score (nSPS) is 15.0.